The van der Waals surface area contributed by atoms with Gasteiger partial charge >= 0.3 is 0 Å². The van der Waals surface area contributed by atoms with Gasteiger partial charge in [0, 0.05) is 23.6 Å². The van der Waals surface area contributed by atoms with Crippen LogP contribution in [0.5, 0.6) is 0 Å². The van der Waals surface area contributed by atoms with E-state index in [1.54, 1.807) is 0 Å². The Morgan fingerprint density at radius 1 is 1.00 bits per heavy atom. The van der Waals surface area contributed by atoms with Gasteiger partial charge in [-0.1, -0.05) is 12.1 Å². The van der Waals surface area contributed by atoms with E-state index < -0.39 is 0 Å². The Morgan fingerprint density at radius 2 is 1.80 bits per heavy atom. The summed E-state index contributed by atoms with van der Waals surface area (Å²) >= 11 is 0. The summed E-state index contributed by atoms with van der Waals surface area (Å²) in [6, 6.07) is 8.21. The highest BCUT2D eigenvalue weighted by Gasteiger charge is 2.00. The number of pyridine rings is 1. The largest absolute Gasteiger partial charge is 0.398 e. The van der Waals surface area contributed by atoms with Crippen LogP contribution in [0.4, 0.5) is 5.69 Å². The molecule has 1 aromatic carbocycles. The molecule has 0 radical (unpaired) electrons. The first-order valence-electron chi connectivity index (χ1n) is 4.95. The van der Waals surface area contributed by atoms with Crippen LogP contribution in [0.3, 0.4) is 0 Å². The molecule has 2 aromatic rings. The van der Waals surface area contributed by atoms with Gasteiger partial charge in [-0.15, -0.1) is 0 Å². The van der Waals surface area contributed by atoms with Gasteiger partial charge < -0.3 is 5.73 Å². The van der Waals surface area contributed by atoms with Crippen LogP contribution < -0.4 is 5.73 Å². The van der Waals surface area contributed by atoms with Gasteiger partial charge in [0.25, 0.3) is 0 Å². The fourth-order valence-electron chi connectivity index (χ4n) is 1.53. The van der Waals surface area contributed by atoms with Crippen LogP contribution in [0.1, 0.15) is 11.1 Å². The summed E-state index contributed by atoms with van der Waals surface area (Å²) < 4.78 is 0. The zero-order valence-corrected chi connectivity index (χ0v) is 8.99. The molecule has 2 N–H and O–H groups in total. The van der Waals surface area contributed by atoms with E-state index in [-0.39, 0.29) is 0 Å². The molecule has 0 aliphatic rings. The molecule has 0 amide bonds. The van der Waals surface area contributed by atoms with Crippen LogP contribution >= 0.6 is 0 Å². The molecule has 76 valence electrons. The molecule has 0 saturated heterocycles. The van der Waals surface area contributed by atoms with Crippen LogP contribution in [0, 0.1) is 13.8 Å². The van der Waals surface area contributed by atoms with E-state index in [0.717, 1.165) is 27.9 Å². The molecule has 0 fully saturated rings. The topological polar surface area (TPSA) is 38.9 Å². The van der Waals surface area contributed by atoms with Crippen molar-refractivity contribution < 1.29 is 0 Å². The van der Waals surface area contributed by atoms with Crippen molar-refractivity contribution in [1.82, 2.24) is 4.98 Å². The van der Waals surface area contributed by atoms with Gasteiger partial charge in [0.15, 0.2) is 0 Å². The SMILES string of the molecule is Cc1cncc(-c2ccc(C)c(N)c2)c1. The Kier molecular flexibility index (Phi) is 2.42. The molecule has 2 heteroatoms. The number of aromatic nitrogens is 1. The van der Waals surface area contributed by atoms with Crippen LogP contribution in [-0.4, -0.2) is 4.98 Å². The number of rotatable bonds is 1. The van der Waals surface area contributed by atoms with E-state index in [9.17, 15) is 0 Å². The summed E-state index contributed by atoms with van der Waals surface area (Å²) in [5, 5.41) is 0. The predicted molar refractivity (Wildman–Crippen MR) is 63.6 cm³/mol. The molecule has 0 spiro atoms. The van der Waals surface area contributed by atoms with Gasteiger partial charge in [0.1, 0.15) is 0 Å². The number of benzene rings is 1. The van der Waals surface area contributed by atoms with Crippen LogP contribution in [0.2, 0.25) is 0 Å². The van der Waals surface area contributed by atoms with E-state index in [1.165, 1.54) is 0 Å². The van der Waals surface area contributed by atoms with Crippen molar-refractivity contribution >= 4 is 5.69 Å². The molecular weight excluding hydrogens is 184 g/mol. The van der Waals surface area contributed by atoms with E-state index in [1.807, 2.05) is 38.4 Å². The minimum atomic E-state index is 0.828. The lowest BCUT2D eigenvalue weighted by Gasteiger charge is -2.05. The molecular formula is C13H14N2. The molecule has 0 bridgehead atoms. The van der Waals surface area contributed by atoms with Crippen molar-refractivity contribution in [3.05, 3.63) is 47.8 Å². The maximum Gasteiger partial charge on any atom is 0.0349 e. The Labute approximate surface area is 89.8 Å². The fraction of sp³-hybridized carbons (Fsp3) is 0.154. The quantitative estimate of drug-likeness (QED) is 0.715. The van der Waals surface area contributed by atoms with Gasteiger partial charge in [-0.2, -0.15) is 0 Å². The summed E-state index contributed by atoms with van der Waals surface area (Å²) in [5.41, 5.74) is 11.2. The maximum absolute atomic E-state index is 5.88. The average Bonchev–Trinajstić information content (AvgIpc) is 2.22. The second kappa shape index (κ2) is 3.73. The molecule has 15 heavy (non-hydrogen) atoms. The first-order valence-corrected chi connectivity index (χ1v) is 4.95. The summed E-state index contributed by atoms with van der Waals surface area (Å²) in [6.45, 7) is 4.04. The summed E-state index contributed by atoms with van der Waals surface area (Å²) in [7, 11) is 0. The molecule has 0 atom stereocenters. The van der Waals surface area contributed by atoms with Gasteiger partial charge in [-0.3, -0.25) is 4.98 Å². The number of hydrogen-bond donors (Lipinski definition) is 1. The van der Waals surface area contributed by atoms with Crippen LogP contribution in [0.15, 0.2) is 36.7 Å². The second-order valence-electron chi connectivity index (χ2n) is 3.82. The lowest BCUT2D eigenvalue weighted by Crippen LogP contribution is -1.90. The highest BCUT2D eigenvalue weighted by Crippen LogP contribution is 2.23. The van der Waals surface area contributed by atoms with E-state index in [0.29, 0.717) is 0 Å². The number of nitrogens with zero attached hydrogens (tertiary/aromatic N) is 1. The minimum absolute atomic E-state index is 0.828. The van der Waals surface area contributed by atoms with Crippen molar-refractivity contribution in [3.63, 3.8) is 0 Å². The summed E-state index contributed by atoms with van der Waals surface area (Å²) in [4.78, 5) is 4.17. The second-order valence-corrected chi connectivity index (χ2v) is 3.82. The molecule has 2 nitrogen and oxygen atoms in total. The summed E-state index contributed by atoms with van der Waals surface area (Å²) in [6.07, 6.45) is 3.71. The summed E-state index contributed by atoms with van der Waals surface area (Å²) in [5.74, 6) is 0. The van der Waals surface area contributed by atoms with Gasteiger partial charge in [0.2, 0.25) is 0 Å². The lowest BCUT2D eigenvalue weighted by molar-refractivity contribution is 1.27. The highest BCUT2D eigenvalue weighted by molar-refractivity contribution is 5.68. The van der Waals surface area contributed by atoms with Gasteiger partial charge in [-0.05, 0) is 42.7 Å². The fourth-order valence-corrected chi connectivity index (χ4v) is 1.53. The highest BCUT2D eigenvalue weighted by atomic mass is 14.6. The van der Waals surface area contributed by atoms with E-state index in [4.69, 9.17) is 5.73 Å². The molecule has 2 rings (SSSR count). The standard InChI is InChI=1S/C13H14N2/c1-9-5-12(8-15-7-9)11-4-3-10(2)13(14)6-11/h3-8H,14H2,1-2H3. The number of hydrogen-bond acceptors (Lipinski definition) is 2. The predicted octanol–water partition coefficient (Wildman–Crippen LogP) is 2.95. The van der Waals surface area contributed by atoms with Gasteiger partial charge in [-0.25, -0.2) is 0 Å². The first-order chi connectivity index (χ1) is 7.16. The monoisotopic (exact) mass is 198 g/mol. The zero-order valence-electron chi connectivity index (χ0n) is 8.99. The number of nitrogen functional groups attached to an aromatic ring is 1. The van der Waals surface area contributed by atoms with Crippen molar-refractivity contribution in [1.29, 1.82) is 0 Å². The number of nitrogens with two attached hydrogens (primary N) is 1. The first kappa shape index (κ1) is 9.71. The molecule has 1 aromatic heterocycles. The van der Waals surface area contributed by atoms with Gasteiger partial charge in [0.05, 0.1) is 0 Å². The molecule has 0 aliphatic carbocycles. The average molecular weight is 198 g/mol. The molecule has 0 unspecified atom stereocenters. The third-order valence-corrected chi connectivity index (χ3v) is 2.49. The lowest BCUT2D eigenvalue weighted by atomic mass is 10.0. The van der Waals surface area contributed by atoms with Crippen LogP contribution in [-0.2, 0) is 0 Å². The third-order valence-electron chi connectivity index (χ3n) is 2.49. The van der Waals surface area contributed by atoms with Crippen molar-refractivity contribution in [3.8, 4) is 11.1 Å². The minimum Gasteiger partial charge on any atom is -0.398 e. The van der Waals surface area contributed by atoms with Crippen molar-refractivity contribution in [2.75, 3.05) is 5.73 Å². The zero-order chi connectivity index (χ0) is 10.8. The van der Waals surface area contributed by atoms with Crippen molar-refractivity contribution in [2.45, 2.75) is 13.8 Å². The van der Waals surface area contributed by atoms with E-state index >= 15 is 0 Å². The number of aryl methyl sites for hydroxylation is 2. The Hall–Kier alpha value is -1.83. The Balaban J connectivity index is 2.50. The number of anilines is 1. The molecule has 1 heterocycles. The molecule has 0 aliphatic heterocycles. The third kappa shape index (κ3) is 1.99. The normalized spacial score (nSPS) is 10.3. The Bertz CT molecular complexity index is 490. The molecule has 0 saturated carbocycles. The maximum atomic E-state index is 5.88. The smallest absolute Gasteiger partial charge is 0.0349 e. The van der Waals surface area contributed by atoms with Crippen LogP contribution in [0.25, 0.3) is 11.1 Å². The van der Waals surface area contributed by atoms with E-state index in [2.05, 4.69) is 17.1 Å². The Morgan fingerprint density at radius 3 is 2.47 bits per heavy atom. The van der Waals surface area contributed by atoms with Crippen molar-refractivity contribution in [2.24, 2.45) is 0 Å².